The Labute approximate surface area is 167 Å². The van der Waals surface area contributed by atoms with E-state index in [4.69, 9.17) is 15.0 Å². The van der Waals surface area contributed by atoms with Crippen LogP contribution in [0, 0.1) is 6.92 Å². The standard InChI is InChI=1S/C22H22N4O3/c1-13-10-14-8-9-15(11-17(14)24-20(13)27)22(2,23)12-19-25-21(29-26-19)16-6-4-5-7-18(16)28-3/h4-11H,12,23H2,1-3H3,(H,24,27). The second-order valence-corrected chi connectivity index (χ2v) is 7.39. The molecule has 0 saturated carbocycles. The summed E-state index contributed by atoms with van der Waals surface area (Å²) in [5, 5.41) is 5.05. The number of nitrogens with two attached hydrogens (primary N) is 1. The first-order chi connectivity index (χ1) is 13.9. The zero-order valence-corrected chi connectivity index (χ0v) is 16.5. The van der Waals surface area contributed by atoms with Gasteiger partial charge in [0.05, 0.1) is 12.7 Å². The largest absolute Gasteiger partial charge is 0.496 e. The van der Waals surface area contributed by atoms with E-state index in [1.54, 1.807) is 14.0 Å². The number of H-pyrrole nitrogens is 1. The van der Waals surface area contributed by atoms with E-state index >= 15 is 0 Å². The third kappa shape index (κ3) is 3.64. The monoisotopic (exact) mass is 390 g/mol. The molecule has 0 aliphatic carbocycles. The molecule has 4 rings (SSSR count). The van der Waals surface area contributed by atoms with Crippen molar-refractivity contribution in [3.05, 3.63) is 75.8 Å². The van der Waals surface area contributed by atoms with E-state index in [9.17, 15) is 4.79 Å². The molecular weight excluding hydrogens is 368 g/mol. The summed E-state index contributed by atoms with van der Waals surface area (Å²) in [6.07, 6.45) is 0.368. The molecule has 0 spiro atoms. The number of nitrogens with one attached hydrogen (secondary N) is 1. The number of nitrogens with zero attached hydrogens (tertiary/aromatic N) is 2. The summed E-state index contributed by atoms with van der Waals surface area (Å²) in [4.78, 5) is 19.3. The highest BCUT2D eigenvalue weighted by Gasteiger charge is 2.26. The van der Waals surface area contributed by atoms with E-state index in [-0.39, 0.29) is 5.56 Å². The molecular formula is C22H22N4O3. The minimum Gasteiger partial charge on any atom is -0.496 e. The SMILES string of the molecule is COc1ccccc1-c1nc(CC(C)(N)c2ccc3cc(C)c(=O)[nH]c3c2)no1. The normalized spacial score (nSPS) is 13.4. The number of fused-ring (bicyclic) bond motifs is 1. The van der Waals surface area contributed by atoms with Crippen LogP contribution in [0.3, 0.4) is 0 Å². The fourth-order valence-corrected chi connectivity index (χ4v) is 3.35. The van der Waals surface area contributed by atoms with Gasteiger partial charge < -0.3 is 20.0 Å². The van der Waals surface area contributed by atoms with Crippen molar-refractivity contribution in [1.82, 2.24) is 15.1 Å². The number of hydrogen-bond donors (Lipinski definition) is 2. The molecule has 3 N–H and O–H groups in total. The number of aromatic amines is 1. The topological polar surface area (TPSA) is 107 Å². The second kappa shape index (κ2) is 7.18. The molecule has 0 saturated heterocycles. The number of para-hydroxylation sites is 1. The van der Waals surface area contributed by atoms with Gasteiger partial charge in [-0.25, -0.2) is 0 Å². The summed E-state index contributed by atoms with van der Waals surface area (Å²) in [6.45, 7) is 3.69. The van der Waals surface area contributed by atoms with Gasteiger partial charge in [0.25, 0.3) is 11.4 Å². The van der Waals surface area contributed by atoms with Crippen molar-refractivity contribution < 1.29 is 9.26 Å². The number of aromatic nitrogens is 3. The van der Waals surface area contributed by atoms with Gasteiger partial charge in [-0.15, -0.1) is 0 Å². The number of benzene rings is 2. The third-order valence-electron chi connectivity index (χ3n) is 5.02. The quantitative estimate of drug-likeness (QED) is 0.541. The first-order valence-corrected chi connectivity index (χ1v) is 9.26. The van der Waals surface area contributed by atoms with Crippen LogP contribution in [-0.2, 0) is 12.0 Å². The molecule has 0 radical (unpaired) electrons. The summed E-state index contributed by atoms with van der Waals surface area (Å²) in [6, 6.07) is 15.1. The van der Waals surface area contributed by atoms with E-state index in [0.29, 0.717) is 29.4 Å². The summed E-state index contributed by atoms with van der Waals surface area (Å²) in [7, 11) is 1.60. The maximum absolute atomic E-state index is 11.9. The van der Waals surface area contributed by atoms with Crippen LogP contribution in [0.4, 0.5) is 0 Å². The summed E-state index contributed by atoms with van der Waals surface area (Å²) in [5.74, 6) is 1.53. The average Bonchev–Trinajstić information content (AvgIpc) is 3.16. The lowest BCUT2D eigenvalue weighted by atomic mass is 9.88. The zero-order chi connectivity index (χ0) is 20.6. The molecule has 2 aromatic heterocycles. The predicted octanol–water partition coefficient (Wildman–Crippen LogP) is 3.31. The number of ether oxygens (including phenoxy) is 1. The fourth-order valence-electron chi connectivity index (χ4n) is 3.35. The van der Waals surface area contributed by atoms with Crippen molar-refractivity contribution in [2.75, 3.05) is 7.11 Å². The lowest BCUT2D eigenvalue weighted by Gasteiger charge is -2.24. The molecule has 7 nitrogen and oxygen atoms in total. The van der Waals surface area contributed by atoms with Gasteiger partial charge in [0.15, 0.2) is 5.82 Å². The molecule has 0 aliphatic heterocycles. The van der Waals surface area contributed by atoms with Crippen LogP contribution in [0.5, 0.6) is 5.75 Å². The molecule has 148 valence electrons. The lowest BCUT2D eigenvalue weighted by molar-refractivity contribution is 0.396. The summed E-state index contributed by atoms with van der Waals surface area (Å²) >= 11 is 0. The van der Waals surface area contributed by atoms with E-state index in [1.165, 1.54) is 0 Å². The maximum atomic E-state index is 11.9. The van der Waals surface area contributed by atoms with Gasteiger partial charge in [-0.2, -0.15) is 4.98 Å². The van der Waals surface area contributed by atoms with Crippen molar-refractivity contribution in [1.29, 1.82) is 0 Å². The Balaban J connectivity index is 1.64. The van der Waals surface area contributed by atoms with Gasteiger partial charge in [-0.05, 0) is 49.1 Å². The number of methoxy groups -OCH3 is 1. The van der Waals surface area contributed by atoms with E-state index < -0.39 is 5.54 Å². The molecule has 0 amide bonds. The first-order valence-electron chi connectivity index (χ1n) is 9.26. The lowest BCUT2D eigenvalue weighted by Crippen LogP contribution is -2.36. The van der Waals surface area contributed by atoms with Crippen LogP contribution in [0.25, 0.3) is 22.4 Å². The Kier molecular flexibility index (Phi) is 4.68. The Morgan fingerprint density at radius 2 is 2.00 bits per heavy atom. The van der Waals surface area contributed by atoms with Crippen LogP contribution in [0.2, 0.25) is 0 Å². The first kappa shape index (κ1) is 18.9. The van der Waals surface area contributed by atoms with Gasteiger partial charge >= 0.3 is 0 Å². The highest BCUT2D eigenvalue weighted by Crippen LogP contribution is 2.30. The molecule has 7 heteroatoms. The molecule has 4 aromatic rings. The summed E-state index contributed by atoms with van der Waals surface area (Å²) < 4.78 is 10.8. The average molecular weight is 390 g/mol. The van der Waals surface area contributed by atoms with Gasteiger partial charge in [0, 0.05) is 23.0 Å². The van der Waals surface area contributed by atoms with Crippen LogP contribution in [-0.4, -0.2) is 22.2 Å². The van der Waals surface area contributed by atoms with Crippen LogP contribution in [0.1, 0.15) is 23.9 Å². The van der Waals surface area contributed by atoms with Gasteiger partial charge in [0.2, 0.25) is 0 Å². The Hall–Kier alpha value is -3.45. The van der Waals surface area contributed by atoms with Crippen molar-refractivity contribution in [3.63, 3.8) is 0 Å². The second-order valence-electron chi connectivity index (χ2n) is 7.39. The van der Waals surface area contributed by atoms with E-state index in [2.05, 4.69) is 15.1 Å². The Morgan fingerprint density at radius 3 is 2.79 bits per heavy atom. The molecule has 29 heavy (non-hydrogen) atoms. The molecule has 1 atom stereocenters. The number of aryl methyl sites for hydroxylation is 1. The molecule has 2 aromatic carbocycles. The van der Waals surface area contributed by atoms with Crippen molar-refractivity contribution in [2.45, 2.75) is 25.8 Å². The smallest absolute Gasteiger partial charge is 0.261 e. The predicted molar refractivity (Wildman–Crippen MR) is 111 cm³/mol. The van der Waals surface area contributed by atoms with Gasteiger partial charge in [-0.3, -0.25) is 4.79 Å². The third-order valence-corrected chi connectivity index (χ3v) is 5.02. The fraction of sp³-hybridized carbons (Fsp3) is 0.227. The van der Waals surface area contributed by atoms with Crippen molar-refractivity contribution in [2.24, 2.45) is 5.73 Å². The highest BCUT2D eigenvalue weighted by atomic mass is 16.5. The highest BCUT2D eigenvalue weighted by molar-refractivity contribution is 5.79. The van der Waals surface area contributed by atoms with Gasteiger partial charge in [0.1, 0.15) is 5.75 Å². The summed E-state index contributed by atoms with van der Waals surface area (Å²) in [5.41, 5.74) is 8.76. The van der Waals surface area contributed by atoms with Crippen LogP contribution < -0.4 is 16.0 Å². The minimum absolute atomic E-state index is 0.104. The minimum atomic E-state index is -0.752. The van der Waals surface area contributed by atoms with Crippen LogP contribution in [0.15, 0.2) is 57.8 Å². The molecule has 0 fully saturated rings. The number of hydrogen-bond acceptors (Lipinski definition) is 6. The Bertz CT molecular complexity index is 1240. The molecule has 0 aliphatic rings. The van der Waals surface area contributed by atoms with E-state index in [0.717, 1.165) is 22.0 Å². The van der Waals surface area contributed by atoms with Gasteiger partial charge in [-0.1, -0.05) is 29.4 Å². The van der Waals surface area contributed by atoms with Crippen molar-refractivity contribution >= 4 is 10.9 Å². The zero-order valence-electron chi connectivity index (χ0n) is 16.5. The Morgan fingerprint density at radius 1 is 1.21 bits per heavy atom. The number of rotatable bonds is 5. The molecule has 2 heterocycles. The number of pyridine rings is 1. The molecule has 1 unspecified atom stereocenters. The molecule has 0 bridgehead atoms. The van der Waals surface area contributed by atoms with Crippen molar-refractivity contribution in [3.8, 4) is 17.2 Å². The maximum Gasteiger partial charge on any atom is 0.261 e. The van der Waals surface area contributed by atoms with E-state index in [1.807, 2.05) is 55.5 Å². The van der Waals surface area contributed by atoms with Crippen LogP contribution >= 0.6 is 0 Å².